The van der Waals surface area contributed by atoms with E-state index in [-0.39, 0.29) is 18.9 Å². The zero-order valence-corrected chi connectivity index (χ0v) is 14.4. The maximum atomic E-state index is 13.7. The van der Waals surface area contributed by atoms with Gasteiger partial charge in [0.15, 0.2) is 0 Å². The molecule has 1 fully saturated rings. The molecule has 2 rings (SSSR count). The van der Waals surface area contributed by atoms with Gasteiger partial charge in [-0.15, -0.1) is 0 Å². The third-order valence-corrected chi connectivity index (χ3v) is 3.95. The second kappa shape index (κ2) is 6.63. The van der Waals surface area contributed by atoms with E-state index in [0.29, 0.717) is 11.4 Å². The first-order valence-corrected chi connectivity index (χ1v) is 8.05. The Labute approximate surface area is 140 Å². The van der Waals surface area contributed by atoms with E-state index >= 15 is 0 Å². The smallest absolute Gasteiger partial charge is 0.410 e. The van der Waals surface area contributed by atoms with Gasteiger partial charge in [-0.1, -0.05) is 23.7 Å². The predicted molar refractivity (Wildman–Crippen MR) is 86.1 cm³/mol. The van der Waals surface area contributed by atoms with Gasteiger partial charge in [0.25, 0.3) is 5.92 Å². The fourth-order valence-electron chi connectivity index (χ4n) is 2.63. The van der Waals surface area contributed by atoms with Crippen molar-refractivity contribution in [2.45, 2.75) is 57.6 Å². The SMILES string of the molecule is CC(C)(C)OC(=O)N1CC(F)(F)CCC1Cc1ccc(Cl)cc1. The Morgan fingerprint density at radius 1 is 1.35 bits per heavy atom. The highest BCUT2D eigenvalue weighted by atomic mass is 35.5. The first-order valence-electron chi connectivity index (χ1n) is 7.68. The Hall–Kier alpha value is -1.36. The van der Waals surface area contributed by atoms with Crippen molar-refractivity contribution in [3.05, 3.63) is 34.9 Å². The maximum absolute atomic E-state index is 13.7. The van der Waals surface area contributed by atoms with Gasteiger partial charge >= 0.3 is 6.09 Å². The zero-order valence-electron chi connectivity index (χ0n) is 13.6. The number of carbonyl (C=O) groups excluding carboxylic acids is 1. The molecule has 128 valence electrons. The van der Waals surface area contributed by atoms with Crippen LogP contribution < -0.4 is 0 Å². The summed E-state index contributed by atoms with van der Waals surface area (Å²) in [5.74, 6) is -2.87. The van der Waals surface area contributed by atoms with Crippen LogP contribution in [0.1, 0.15) is 39.2 Å². The van der Waals surface area contributed by atoms with E-state index in [9.17, 15) is 13.6 Å². The molecular weight excluding hydrogens is 324 g/mol. The number of amides is 1. The minimum Gasteiger partial charge on any atom is -0.444 e. The number of hydrogen-bond donors (Lipinski definition) is 0. The van der Waals surface area contributed by atoms with Crippen LogP contribution in [0.5, 0.6) is 0 Å². The number of halogens is 3. The molecule has 3 nitrogen and oxygen atoms in total. The number of ether oxygens (including phenoxy) is 1. The summed E-state index contributed by atoms with van der Waals surface area (Å²) in [4.78, 5) is 13.5. The first kappa shape index (κ1) is 18.0. The quantitative estimate of drug-likeness (QED) is 0.761. The molecule has 1 aliphatic rings. The minimum absolute atomic E-state index is 0.218. The monoisotopic (exact) mass is 345 g/mol. The van der Waals surface area contributed by atoms with Gasteiger partial charge in [-0.2, -0.15) is 0 Å². The van der Waals surface area contributed by atoms with Gasteiger partial charge < -0.3 is 4.74 Å². The number of carbonyl (C=O) groups is 1. The summed E-state index contributed by atoms with van der Waals surface area (Å²) in [6.07, 6.45) is -0.151. The molecule has 1 heterocycles. The third kappa shape index (κ3) is 5.34. The fraction of sp³-hybridized carbons (Fsp3) is 0.588. The molecule has 1 unspecified atom stereocenters. The summed E-state index contributed by atoms with van der Waals surface area (Å²) in [5.41, 5.74) is 0.243. The van der Waals surface area contributed by atoms with Crippen LogP contribution in [0, 0.1) is 0 Å². The normalized spacial score (nSPS) is 21.1. The van der Waals surface area contributed by atoms with Crippen molar-refractivity contribution in [2.24, 2.45) is 0 Å². The van der Waals surface area contributed by atoms with Crippen LogP contribution in [0.3, 0.4) is 0 Å². The molecule has 0 radical (unpaired) electrons. The molecule has 1 saturated heterocycles. The van der Waals surface area contributed by atoms with Crippen LogP contribution in [-0.4, -0.2) is 35.1 Å². The number of nitrogens with zero attached hydrogens (tertiary/aromatic N) is 1. The average molecular weight is 346 g/mol. The van der Waals surface area contributed by atoms with Gasteiger partial charge in [0.1, 0.15) is 5.60 Å². The van der Waals surface area contributed by atoms with Crippen molar-refractivity contribution in [3.63, 3.8) is 0 Å². The highest BCUT2D eigenvalue weighted by Crippen LogP contribution is 2.32. The van der Waals surface area contributed by atoms with Crippen LogP contribution in [-0.2, 0) is 11.2 Å². The molecule has 23 heavy (non-hydrogen) atoms. The van der Waals surface area contributed by atoms with Crippen LogP contribution >= 0.6 is 11.6 Å². The molecule has 1 atom stereocenters. The second-order valence-corrected chi connectivity index (χ2v) is 7.42. The second-order valence-electron chi connectivity index (χ2n) is 6.99. The lowest BCUT2D eigenvalue weighted by molar-refractivity contribution is -0.0851. The van der Waals surface area contributed by atoms with Gasteiger partial charge in [0.05, 0.1) is 6.54 Å². The molecule has 1 aromatic carbocycles. The topological polar surface area (TPSA) is 29.5 Å². The van der Waals surface area contributed by atoms with Gasteiger partial charge in [0, 0.05) is 17.5 Å². The summed E-state index contributed by atoms with van der Waals surface area (Å²) in [6, 6.07) is 6.91. The fourth-order valence-corrected chi connectivity index (χ4v) is 2.76. The van der Waals surface area contributed by atoms with Crippen molar-refractivity contribution >= 4 is 17.7 Å². The Kier molecular flexibility index (Phi) is 5.19. The molecule has 0 aromatic heterocycles. The van der Waals surface area contributed by atoms with E-state index in [4.69, 9.17) is 16.3 Å². The molecule has 1 aliphatic heterocycles. The van der Waals surface area contributed by atoms with E-state index in [1.165, 1.54) is 4.90 Å². The Balaban J connectivity index is 2.14. The van der Waals surface area contributed by atoms with Crippen molar-refractivity contribution in [1.29, 1.82) is 0 Å². The number of alkyl halides is 2. The van der Waals surface area contributed by atoms with Crippen molar-refractivity contribution < 1.29 is 18.3 Å². The molecule has 1 amide bonds. The maximum Gasteiger partial charge on any atom is 0.410 e. The molecule has 0 aliphatic carbocycles. The van der Waals surface area contributed by atoms with E-state index in [2.05, 4.69) is 0 Å². The summed E-state index contributed by atoms with van der Waals surface area (Å²) in [5, 5.41) is 0.618. The lowest BCUT2D eigenvalue weighted by atomic mass is 9.94. The molecular formula is C17H22ClF2NO2. The lowest BCUT2D eigenvalue weighted by Crippen LogP contribution is -2.53. The van der Waals surface area contributed by atoms with Gasteiger partial charge in [-0.05, 0) is 51.3 Å². The lowest BCUT2D eigenvalue weighted by Gasteiger charge is -2.40. The Morgan fingerprint density at radius 3 is 2.52 bits per heavy atom. The zero-order chi connectivity index (χ0) is 17.3. The number of rotatable bonds is 2. The van der Waals surface area contributed by atoms with Crippen molar-refractivity contribution in [3.8, 4) is 0 Å². The average Bonchev–Trinajstić information content (AvgIpc) is 2.41. The molecule has 0 spiro atoms. The number of hydrogen-bond acceptors (Lipinski definition) is 2. The van der Waals surface area contributed by atoms with Crippen molar-refractivity contribution in [1.82, 2.24) is 4.90 Å². The first-order chi connectivity index (χ1) is 10.6. The predicted octanol–water partition coefficient (Wildman–Crippen LogP) is 4.92. The summed E-state index contributed by atoms with van der Waals surface area (Å²) >= 11 is 5.86. The molecule has 1 aromatic rings. The Bertz CT molecular complexity index is 555. The van der Waals surface area contributed by atoms with Crippen LogP contribution in [0.15, 0.2) is 24.3 Å². The highest BCUT2D eigenvalue weighted by molar-refractivity contribution is 6.30. The van der Waals surface area contributed by atoms with E-state index in [1.807, 2.05) is 12.1 Å². The van der Waals surface area contributed by atoms with E-state index < -0.39 is 24.2 Å². The summed E-state index contributed by atoms with van der Waals surface area (Å²) in [7, 11) is 0. The van der Waals surface area contributed by atoms with Crippen LogP contribution in [0.4, 0.5) is 13.6 Å². The molecule has 6 heteroatoms. The highest BCUT2D eigenvalue weighted by Gasteiger charge is 2.43. The van der Waals surface area contributed by atoms with Crippen LogP contribution in [0.25, 0.3) is 0 Å². The number of likely N-dealkylation sites (tertiary alicyclic amines) is 1. The van der Waals surface area contributed by atoms with Gasteiger partial charge in [-0.25, -0.2) is 13.6 Å². The third-order valence-electron chi connectivity index (χ3n) is 3.70. The standard InChI is InChI=1S/C17H22ClF2NO2/c1-16(2,3)23-15(22)21-11-17(19,20)9-8-14(21)10-12-4-6-13(18)7-5-12/h4-7,14H,8-11H2,1-3H3. The minimum atomic E-state index is -2.87. The molecule has 0 N–H and O–H groups in total. The van der Waals surface area contributed by atoms with Gasteiger partial charge in [-0.3, -0.25) is 4.90 Å². The van der Waals surface area contributed by atoms with Gasteiger partial charge in [0.2, 0.25) is 0 Å². The largest absolute Gasteiger partial charge is 0.444 e. The van der Waals surface area contributed by atoms with Crippen molar-refractivity contribution in [2.75, 3.05) is 6.54 Å². The number of piperidine rings is 1. The van der Waals surface area contributed by atoms with E-state index in [0.717, 1.165) is 5.56 Å². The summed E-state index contributed by atoms with van der Waals surface area (Å²) < 4.78 is 32.8. The summed E-state index contributed by atoms with van der Waals surface area (Å²) in [6.45, 7) is 4.57. The molecule has 0 bridgehead atoms. The number of benzene rings is 1. The Morgan fingerprint density at radius 2 is 1.96 bits per heavy atom. The van der Waals surface area contributed by atoms with Crippen LogP contribution in [0.2, 0.25) is 5.02 Å². The molecule has 0 saturated carbocycles. The van der Waals surface area contributed by atoms with E-state index in [1.54, 1.807) is 32.9 Å².